The molecule has 1 fully saturated rings. The van der Waals surface area contributed by atoms with E-state index in [-0.39, 0.29) is 10.8 Å². The van der Waals surface area contributed by atoms with Gasteiger partial charge < -0.3 is 9.47 Å². The lowest BCUT2D eigenvalue weighted by atomic mass is 9.97. The summed E-state index contributed by atoms with van der Waals surface area (Å²) in [4.78, 5) is 18.5. The number of hydrogen-bond donors (Lipinski definition) is 1. The van der Waals surface area contributed by atoms with E-state index in [0.717, 1.165) is 25.9 Å². The molecule has 24 heavy (non-hydrogen) atoms. The molecule has 0 aliphatic carbocycles. The van der Waals surface area contributed by atoms with Gasteiger partial charge in [-0.05, 0) is 43.0 Å². The molecule has 0 spiro atoms. The van der Waals surface area contributed by atoms with Crippen molar-refractivity contribution in [1.82, 2.24) is 14.5 Å². The Morgan fingerprint density at radius 2 is 2.04 bits per heavy atom. The zero-order valence-electron chi connectivity index (χ0n) is 13.2. The van der Waals surface area contributed by atoms with Crippen molar-refractivity contribution >= 4 is 15.9 Å². The number of benzene rings is 1. The molecule has 0 saturated carbocycles. The number of rotatable bonds is 4. The first kappa shape index (κ1) is 16.7. The lowest BCUT2D eigenvalue weighted by Crippen LogP contribution is -2.41. The van der Waals surface area contributed by atoms with E-state index >= 15 is 0 Å². The van der Waals surface area contributed by atoms with Crippen molar-refractivity contribution < 1.29 is 13.2 Å². The summed E-state index contributed by atoms with van der Waals surface area (Å²) in [6, 6.07) is 5.77. The summed E-state index contributed by atoms with van der Waals surface area (Å²) in [6.45, 7) is 2.25. The lowest BCUT2D eigenvalue weighted by Gasteiger charge is -2.33. The SMILES string of the molecule is NS(=O)(=O)c1ccc(C(=O)N2CCC[C@@H](Cn3ccnc3)C2)cc1. The Morgan fingerprint density at radius 3 is 2.67 bits per heavy atom. The van der Waals surface area contributed by atoms with Crippen LogP contribution in [0.25, 0.3) is 0 Å². The number of likely N-dealkylation sites (tertiary alicyclic amines) is 1. The van der Waals surface area contributed by atoms with E-state index in [4.69, 9.17) is 5.14 Å². The van der Waals surface area contributed by atoms with E-state index in [1.54, 1.807) is 12.5 Å². The maximum absolute atomic E-state index is 12.6. The second-order valence-electron chi connectivity index (χ2n) is 6.09. The quantitative estimate of drug-likeness (QED) is 0.894. The molecule has 1 aliphatic rings. The van der Waals surface area contributed by atoms with Crippen LogP contribution in [0.4, 0.5) is 0 Å². The predicted molar refractivity (Wildman–Crippen MR) is 88.7 cm³/mol. The Bertz CT molecular complexity index is 800. The normalized spacial score (nSPS) is 18.5. The van der Waals surface area contributed by atoms with Crippen LogP contribution in [0.2, 0.25) is 0 Å². The lowest BCUT2D eigenvalue weighted by molar-refractivity contribution is 0.0662. The van der Waals surface area contributed by atoms with Gasteiger partial charge in [0.2, 0.25) is 10.0 Å². The highest BCUT2D eigenvalue weighted by Gasteiger charge is 2.25. The van der Waals surface area contributed by atoms with E-state index in [1.807, 2.05) is 15.7 Å². The van der Waals surface area contributed by atoms with Gasteiger partial charge in [0.25, 0.3) is 5.91 Å². The zero-order valence-corrected chi connectivity index (χ0v) is 14.0. The molecule has 2 N–H and O–H groups in total. The largest absolute Gasteiger partial charge is 0.338 e. The van der Waals surface area contributed by atoms with Crippen molar-refractivity contribution in [1.29, 1.82) is 0 Å². The number of nitrogens with two attached hydrogens (primary N) is 1. The molecule has 8 heteroatoms. The molecule has 1 aliphatic heterocycles. The van der Waals surface area contributed by atoms with Gasteiger partial charge in [0, 0.05) is 37.6 Å². The molecule has 0 bridgehead atoms. The summed E-state index contributed by atoms with van der Waals surface area (Å²) in [5.74, 6) is 0.312. The first-order valence-electron chi connectivity index (χ1n) is 7.81. The third-order valence-corrected chi connectivity index (χ3v) is 5.19. The minimum atomic E-state index is -3.74. The molecule has 0 radical (unpaired) electrons. The second kappa shape index (κ2) is 6.74. The van der Waals surface area contributed by atoms with Gasteiger partial charge in [0.05, 0.1) is 11.2 Å². The highest BCUT2D eigenvalue weighted by molar-refractivity contribution is 7.89. The van der Waals surface area contributed by atoms with Crippen LogP contribution in [-0.4, -0.2) is 41.9 Å². The van der Waals surface area contributed by atoms with Crippen LogP contribution in [0, 0.1) is 5.92 Å². The van der Waals surface area contributed by atoms with Crippen molar-refractivity contribution in [3.63, 3.8) is 0 Å². The molecule has 1 atom stereocenters. The fourth-order valence-electron chi connectivity index (χ4n) is 3.06. The Labute approximate surface area is 141 Å². The summed E-state index contributed by atoms with van der Waals surface area (Å²) >= 11 is 0. The fraction of sp³-hybridized carbons (Fsp3) is 0.375. The van der Waals surface area contributed by atoms with Crippen LogP contribution in [0.15, 0.2) is 47.9 Å². The summed E-state index contributed by atoms with van der Waals surface area (Å²) < 4.78 is 24.6. The summed E-state index contributed by atoms with van der Waals surface area (Å²) in [5, 5.41) is 5.08. The monoisotopic (exact) mass is 348 g/mol. The topological polar surface area (TPSA) is 98.3 Å². The van der Waals surface area contributed by atoms with Gasteiger partial charge in [0.1, 0.15) is 0 Å². The third kappa shape index (κ3) is 3.82. The van der Waals surface area contributed by atoms with Crippen LogP contribution in [0.5, 0.6) is 0 Å². The van der Waals surface area contributed by atoms with Crippen molar-refractivity contribution in [3.05, 3.63) is 48.5 Å². The van der Waals surface area contributed by atoms with Crippen molar-refractivity contribution in [2.24, 2.45) is 11.1 Å². The van der Waals surface area contributed by atoms with Gasteiger partial charge in [-0.3, -0.25) is 4.79 Å². The number of hydrogen-bond acceptors (Lipinski definition) is 4. The Kier molecular flexibility index (Phi) is 4.68. The van der Waals surface area contributed by atoms with Crippen LogP contribution in [0.3, 0.4) is 0 Å². The minimum Gasteiger partial charge on any atom is -0.338 e. The number of carbonyl (C=O) groups is 1. The van der Waals surface area contributed by atoms with E-state index in [0.29, 0.717) is 18.0 Å². The van der Waals surface area contributed by atoms with Gasteiger partial charge in [0.15, 0.2) is 0 Å². The van der Waals surface area contributed by atoms with Crippen LogP contribution in [-0.2, 0) is 16.6 Å². The average molecular weight is 348 g/mol. The number of aromatic nitrogens is 2. The minimum absolute atomic E-state index is 0.00989. The zero-order chi connectivity index (χ0) is 17.2. The number of piperidine rings is 1. The van der Waals surface area contributed by atoms with Crippen molar-refractivity contribution in [2.75, 3.05) is 13.1 Å². The van der Waals surface area contributed by atoms with Crippen LogP contribution in [0.1, 0.15) is 23.2 Å². The fourth-order valence-corrected chi connectivity index (χ4v) is 3.58. The standard InChI is InChI=1S/C16H20N4O3S/c17-24(22,23)15-5-3-14(4-6-15)16(21)20-8-1-2-13(11-20)10-19-9-7-18-12-19/h3-7,9,12-13H,1-2,8,10-11H2,(H2,17,22,23)/t13-/m0/s1. The molecule has 7 nitrogen and oxygen atoms in total. The highest BCUT2D eigenvalue weighted by atomic mass is 32.2. The summed E-state index contributed by atoms with van der Waals surface area (Å²) in [6.07, 6.45) is 7.49. The van der Waals surface area contributed by atoms with E-state index < -0.39 is 10.0 Å². The maximum Gasteiger partial charge on any atom is 0.253 e. The first-order chi connectivity index (χ1) is 11.4. The summed E-state index contributed by atoms with van der Waals surface area (Å²) in [5.41, 5.74) is 0.477. The summed E-state index contributed by atoms with van der Waals surface area (Å²) in [7, 11) is -3.74. The second-order valence-corrected chi connectivity index (χ2v) is 7.65. The third-order valence-electron chi connectivity index (χ3n) is 4.26. The molecule has 2 aromatic rings. The number of amides is 1. The molecule has 1 aromatic carbocycles. The van der Waals surface area contributed by atoms with Crippen molar-refractivity contribution in [2.45, 2.75) is 24.3 Å². The molecule has 3 rings (SSSR count). The number of sulfonamides is 1. The van der Waals surface area contributed by atoms with Crippen LogP contribution >= 0.6 is 0 Å². The number of carbonyl (C=O) groups excluding carboxylic acids is 1. The Hall–Kier alpha value is -2.19. The molecular weight excluding hydrogens is 328 g/mol. The molecule has 1 amide bonds. The van der Waals surface area contributed by atoms with Gasteiger partial charge >= 0.3 is 0 Å². The van der Waals surface area contributed by atoms with Gasteiger partial charge in [-0.15, -0.1) is 0 Å². The first-order valence-corrected chi connectivity index (χ1v) is 9.36. The highest BCUT2D eigenvalue weighted by Crippen LogP contribution is 2.20. The van der Waals surface area contributed by atoms with Gasteiger partial charge in [-0.2, -0.15) is 0 Å². The van der Waals surface area contributed by atoms with Gasteiger partial charge in [-0.1, -0.05) is 0 Å². The molecule has 128 valence electrons. The maximum atomic E-state index is 12.6. The van der Waals surface area contributed by atoms with E-state index in [9.17, 15) is 13.2 Å². The smallest absolute Gasteiger partial charge is 0.253 e. The van der Waals surface area contributed by atoms with E-state index in [1.165, 1.54) is 24.3 Å². The molecule has 1 aromatic heterocycles. The Balaban J connectivity index is 1.68. The van der Waals surface area contributed by atoms with E-state index in [2.05, 4.69) is 4.98 Å². The Morgan fingerprint density at radius 1 is 1.29 bits per heavy atom. The van der Waals surface area contributed by atoms with Crippen molar-refractivity contribution in [3.8, 4) is 0 Å². The number of primary sulfonamides is 1. The molecule has 1 saturated heterocycles. The number of nitrogens with zero attached hydrogens (tertiary/aromatic N) is 3. The molecule has 2 heterocycles. The predicted octanol–water partition coefficient (Wildman–Crippen LogP) is 1.08. The van der Waals surface area contributed by atoms with Crippen LogP contribution < -0.4 is 5.14 Å². The van der Waals surface area contributed by atoms with Gasteiger partial charge in [-0.25, -0.2) is 18.5 Å². The molecular formula is C16H20N4O3S. The molecule has 0 unspecified atom stereocenters. The number of imidazole rings is 1. The average Bonchev–Trinajstić information content (AvgIpc) is 3.07.